The monoisotopic (exact) mass is 241 g/mol. The molecule has 0 fully saturated rings. The van der Waals surface area contributed by atoms with Crippen molar-refractivity contribution >= 4 is 10.8 Å². The zero-order valence-electron chi connectivity index (χ0n) is 11.6. The summed E-state index contributed by atoms with van der Waals surface area (Å²) in [6.45, 7) is 4.56. The molecule has 0 aromatic heterocycles. The normalized spacial score (nSPS) is 14.6. The molecule has 1 heteroatoms. The Labute approximate surface area is 110 Å². The van der Waals surface area contributed by atoms with Crippen LogP contribution in [0.15, 0.2) is 42.5 Å². The molecule has 0 amide bonds. The summed E-state index contributed by atoms with van der Waals surface area (Å²) >= 11 is 0. The first-order valence-corrected chi connectivity index (χ1v) is 6.90. The minimum Gasteiger partial charge on any atom is -0.317 e. The van der Waals surface area contributed by atoms with Crippen molar-refractivity contribution in [2.24, 2.45) is 5.92 Å². The maximum Gasteiger partial charge on any atom is 0.00670 e. The quantitative estimate of drug-likeness (QED) is 0.833. The molecule has 96 valence electrons. The van der Waals surface area contributed by atoms with Gasteiger partial charge in [0.15, 0.2) is 0 Å². The Morgan fingerprint density at radius 1 is 1.06 bits per heavy atom. The average Bonchev–Trinajstić information content (AvgIpc) is 2.44. The summed E-state index contributed by atoms with van der Waals surface area (Å²) in [5.74, 6) is 0.695. The van der Waals surface area contributed by atoms with Crippen molar-refractivity contribution in [3.8, 4) is 0 Å². The number of fused-ring (bicyclic) bond motifs is 1. The highest BCUT2D eigenvalue weighted by atomic mass is 14.9. The lowest BCUT2D eigenvalue weighted by Crippen LogP contribution is -2.31. The van der Waals surface area contributed by atoms with Crippen LogP contribution in [0.5, 0.6) is 0 Å². The number of rotatable bonds is 5. The van der Waals surface area contributed by atoms with E-state index >= 15 is 0 Å². The van der Waals surface area contributed by atoms with E-state index in [0.717, 1.165) is 6.42 Å². The van der Waals surface area contributed by atoms with Crippen molar-refractivity contribution < 1.29 is 0 Å². The van der Waals surface area contributed by atoms with Crippen LogP contribution in [0.4, 0.5) is 0 Å². The van der Waals surface area contributed by atoms with Crippen molar-refractivity contribution in [3.63, 3.8) is 0 Å². The smallest absolute Gasteiger partial charge is 0.00670 e. The van der Waals surface area contributed by atoms with Crippen LogP contribution >= 0.6 is 0 Å². The molecule has 2 aromatic carbocycles. The molecule has 0 saturated heterocycles. The third-order valence-corrected chi connectivity index (χ3v) is 4.05. The molecule has 2 atom stereocenters. The van der Waals surface area contributed by atoms with E-state index in [-0.39, 0.29) is 0 Å². The molecular weight excluding hydrogens is 218 g/mol. The second-order valence-corrected chi connectivity index (χ2v) is 5.09. The largest absolute Gasteiger partial charge is 0.317 e. The number of hydrogen-bond acceptors (Lipinski definition) is 1. The maximum absolute atomic E-state index is 3.38. The van der Waals surface area contributed by atoms with Gasteiger partial charge in [0.05, 0.1) is 0 Å². The van der Waals surface area contributed by atoms with Crippen molar-refractivity contribution in [2.75, 3.05) is 7.05 Å². The first kappa shape index (κ1) is 13.1. The Balaban J connectivity index is 2.30. The predicted molar refractivity (Wildman–Crippen MR) is 80.0 cm³/mol. The van der Waals surface area contributed by atoms with Crippen LogP contribution in [0, 0.1) is 5.92 Å². The van der Waals surface area contributed by atoms with E-state index in [4.69, 9.17) is 0 Å². The van der Waals surface area contributed by atoms with Crippen molar-refractivity contribution in [3.05, 3.63) is 48.0 Å². The highest BCUT2D eigenvalue weighted by Gasteiger charge is 2.15. The van der Waals surface area contributed by atoms with Gasteiger partial charge >= 0.3 is 0 Å². The fourth-order valence-electron chi connectivity index (χ4n) is 2.66. The molecule has 0 aliphatic rings. The van der Waals surface area contributed by atoms with E-state index in [9.17, 15) is 0 Å². The third-order valence-electron chi connectivity index (χ3n) is 4.05. The van der Waals surface area contributed by atoms with Crippen LogP contribution in [-0.4, -0.2) is 13.1 Å². The van der Waals surface area contributed by atoms with Gasteiger partial charge in [-0.15, -0.1) is 0 Å². The molecule has 0 aliphatic carbocycles. The SMILES string of the molecule is CCC(Cc1cccc2ccccc12)C(C)NC. The number of nitrogens with one attached hydrogen (secondary N) is 1. The molecule has 2 unspecified atom stereocenters. The molecule has 0 heterocycles. The van der Waals surface area contributed by atoms with E-state index in [1.54, 1.807) is 0 Å². The molecule has 1 nitrogen and oxygen atoms in total. The lowest BCUT2D eigenvalue weighted by atomic mass is 9.89. The summed E-state index contributed by atoms with van der Waals surface area (Å²) in [7, 11) is 2.05. The summed E-state index contributed by atoms with van der Waals surface area (Å²) in [5, 5.41) is 6.14. The highest BCUT2D eigenvalue weighted by molar-refractivity contribution is 5.85. The molecule has 0 aliphatic heterocycles. The minimum atomic E-state index is 0.564. The van der Waals surface area contributed by atoms with Gasteiger partial charge in [0.1, 0.15) is 0 Å². The van der Waals surface area contributed by atoms with E-state index in [0.29, 0.717) is 12.0 Å². The Bertz CT molecular complexity index is 498. The van der Waals surface area contributed by atoms with Gasteiger partial charge in [0.25, 0.3) is 0 Å². The predicted octanol–water partition coefficient (Wildman–Crippen LogP) is 4.02. The molecule has 1 N–H and O–H groups in total. The standard InChI is InChI=1S/C17H23N/c1-4-14(13(2)18-3)12-16-10-7-9-15-8-5-6-11-17(15)16/h5-11,13-14,18H,4,12H2,1-3H3. The van der Waals surface area contributed by atoms with Crippen LogP contribution < -0.4 is 5.32 Å². The second kappa shape index (κ2) is 6.01. The van der Waals surface area contributed by atoms with E-state index in [1.165, 1.54) is 22.8 Å². The molecule has 0 bridgehead atoms. The van der Waals surface area contributed by atoms with Crippen LogP contribution in [-0.2, 0) is 6.42 Å². The van der Waals surface area contributed by atoms with Crippen LogP contribution in [0.2, 0.25) is 0 Å². The summed E-state index contributed by atoms with van der Waals surface area (Å²) in [6.07, 6.45) is 2.37. The average molecular weight is 241 g/mol. The third kappa shape index (κ3) is 2.73. The van der Waals surface area contributed by atoms with Crippen LogP contribution in [0.25, 0.3) is 10.8 Å². The molecule has 0 saturated carbocycles. The lowest BCUT2D eigenvalue weighted by Gasteiger charge is -2.23. The van der Waals surface area contributed by atoms with E-state index < -0.39 is 0 Å². The molecule has 0 spiro atoms. The summed E-state index contributed by atoms with van der Waals surface area (Å²) in [6, 6.07) is 15.9. The molecule has 0 radical (unpaired) electrons. The van der Waals surface area contributed by atoms with Crippen LogP contribution in [0.1, 0.15) is 25.8 Å². The van der Waals surface area contributed by atoms with Gasteiger partial charge in [-0.2, -0.15) is 0 Å². The molecule has 18 heavy (non-hydrogen) atoms. The summed E-state index contributed by atoms with van der Waals surface area (Å²) < 4.78 is 0. The van der Waals surface area contributed by atoms with Gasteiger partial charge < -0.3 is 5.32 Å². The maximum atomic E-state index is 3.38. The second-order valence-electron chi connectivity index (χ2n) is 5.09. The van der Waals surface area contributed by atoms with E-state index in [1.807, 2.05) is 0 Å². The number of benzene rings is 2. The van der Waals surface area contributed by atoms with Crippen molar-refractivity contribution in [1.29, 1.82) is 0 Å². The Kier molecular flexibility index (Phi) is 4.38. The van der Waals surface area contributed by atoms with Crippen LogP contribution in [0.3, 0.4) is 0 Å². The zero-order valence-corrected chi connectivity index (χ0v) is 11.6. The first-order valence-electron chi connectivity index (χ1n) is 6.90. The molecule has 2 aromatic rings. The Hall–Kier alpha value is -1.34. The first-order chi connectivity index (χ1) is 8.76. The van der Waals surface area contributed by atoms with Gasteiger partial charge in [-0.3, -0.25) is 0 Å². The van der Waals surface area contributed by atoms with Gasteiger partial charge in [0.2, 0.25) is 0 Å². The highest BCUT2D eigenvalue weighted by Crippen LogP contribution is 2.23. The topological polar surface area (TPSA) is 12.0 Å². The van der Waals surface area contributed by atoms with Gasteiger partial charge in [-0.25, -0.2) is 0 Å². The minimum absolute atomic E-state index is 0.564. The Morgan fingerprint density at radius 3 is 2.50 bits per heavy atom. The van der Waals surface area contributed by atoms with Crippen molar-refractivity contribution in [2.45, 2.75) is 32.7 Å². The van der Waals surface area contributed by atoms with Gasteiger partial charge in [-0.05, 0) is 42.6 Å². The Morgan fingerprint density at radius 2 is 1.78 bits per heavy atom. The van der Waals surface area contributed by atoms with Crippen molar-refractivity contribution in [1.82, 2.24) is 5.32 Å². The fourth-order valence-corrected chi connectivity index (χ4v) is 2.66. The van der Waals surface area contributed by atoms with Gasteiger partial charge in [-0.1, -0.05) is 55.8 Å². The summed E-state index contributed by atoms with van der Waals surface area (Å²) in [5.41, 5.74) is 1.47. The fraction of sp³-hybridized carbons (Fsp3) is 0.412. The van der Waals surface area contributed by atoms with E-state index in [2.05, 4.69) is 68.7 Å². The molecular formula is C17H23N. The van der Waals surface area contributed by atoms with Gasteiger partial charge in [0, 0.05) is 6.04 Å². The zero-order chi connectivity index (χ0) is 13.0. The number of hydrogen-bond donors (Lipinski definition) is 1. The summed E-state index contributed by atoms with van der Waals surface area (Å²) in [4.78, 5) is 0. The molecule has 2 rings (SSSR count). The lowest BCUT2D eigenvalue weighted by molar-refractivity contribution is 0.382.